The van der Waals surface area contributed by atoms with Gasteiger partial charge in [0.05, 0.1) is 4.90 Å². The number of ether oxygens (including phenoxy) is 1. The molecule has 170 valence electrons. The zero-order valence-electron chi connectivity index (χ0n) is 18.2. The van der Waals surface area contributed by atoms with Crippen molar-refractivity contribution >= 4 is 39.1 Å². The first kappa shape index (κ1) is 23.3. The average Bonchev–Trinajstić information content (AvgIpc) is 3.02. The number of esters is 1. The Labute approximate surface area is 187 Å². The minimum Gasteiger partial charge on any atom is -0.453 e. The predicted molar refractivity (Wildman–Crippen MR) is 122 cm³/mol. The van der Waals surface area contributed by atoms with Gasteiger partial charge >= 0.3 is 5.97 Å². The first-order valence-electron chi connectivity index (χ1n) is 10.1. The fourth-order valence-electron chi connectivity index (χ4n) is 3.06. The fraction of sp³-hybridized carbons (Fsp3) is 0.318. The van der Waals surface area contributed by atoms with Crippen LogP contribution in [-0.2, 0) is 24.3 Å². The largest absolute Gasteiger partial charge is 0.453 e. The van der Waals surface area contributed by atoms with E-state index in [1.165, 1.54) is 13.0 Å². The van der Waals surface area contributed by atoms with Crippen LogP contribution >= 0.6 is 0 Å². The zero-order valence-corrected chi connectivity index (χ0v) is 19.0. The lowest BCUT2D eigenvalue weighted by Gasteiger charge is -2.15. The van der Waals surface area contributed by atoms with E-state index in [0.717, 1.165) is 5.69 Å². The summed E-state index contributed by atoms with van der Waals surface area (Å²) in [5.74, 6) is -0.682. The van der Waals surface area contributed by atoms with Crippen molar-refractivity contribution in [1.82, 2.24) is 4.72 Å². The molecule has 2 aromatic rings. The Kier molecular flexibility index (Phi) is 7.14. The molecule has 1 aliphatic heterocycles. The van der Waals surface area contributed by atoms with Crippen LogP contribution < -0.4 is 14.9 Å². The smallest absolute Gasteiger partial charge is 0.306 e. The van der Waals surface area contributed by atoms with Crippen molar-refractivity contribution in [1.29, 1.82) is 0 Å². The van der Waals surface area contributed by atoms with Crippen LogP contribution in [0.15, 0.2) is 58.4 Å². The summed E-state index contributed by atoms with van der Waals surface area (Å²) in [6.45, 7) is 1.74. The number of aliphatic imine (C=N–C) groups is 1. The first-order valence-corrected chi connectivity index (χ1v) is 11.6. The molecule has 1 atom stereocenters. The number of amides is 1. The molecule has 0 saturated heterocycles. The van der Waals surface area contributed by atoms with E-state index in [9.17, 15) is 18.0 Å². The number of fused-ring (bicyclic) bond motifs is 1. The number of rotatable bonds is 8. The van der Waals surface area contributed by atoms with Crippen molar-refractivity contribution in [2.24, 2.45) is 4.99 Å². The van der Waals surface area contributed by atoms with Crippen LogP contribution in [0.3, 0.4) is 0 Å². The number of anilines is 2. The molecule has 1 amide bonds. The van der Waals surface area contributed by atoms with Crippen molar-refractivity contribution in [3.63, 3.8) is 0 Å². The average molecular weight is 459 g/mol. The number of nitrogens with one attached hydrogen (secondary N) is 2. The lowest BCUT2D eigenvalue weighted by atomic mass is 10.2. The summed E-state index contributed by atoms with van der Waals surface area (Å²) in [6.07, 6.45) is -0.539. The van der Waals surface area contributed by atoms with Gasteiger partial charge in [0.2, 0.25) is 0 Å². The molecule has 9 nitrogen and oxygen atoms in total. The van der Waals surface area contributed by atoms with E-state index in [-0.39, 0.29) is 23.7 Å². The standard InChI is InChI=1S/C22H26N4O5S/c1-15(22(28)24-16-10-12-17(13-11-16)26(2)3)31-20(27)9-6-14-23-21-18-7-4-5-8-19(18)32(29,30)25-21/h4-5,7-8,10-13,15H,6,9,14H2,1-3H3,(H,23,25)(H,24,28)/t15-/m1/s1. The Morgan fingerprint density at radius 2 is 1.81 bits per heavy atom. The summed E-state index contributed by atoms with van der Waals surface area (Å²) in [5, 5.41) is 2.71. The van der Waals surface area contributed by atoms with Crippen molar-refractivity contribution in [2.45, 2.75) is 30.8 Å². The molecule has 32 heavy (non-hydrogen) atoms. The molecule has 0 spiro atoms. The van der Waals surface area contributed by atoms with Crippen LogP contribution in [-0.4, -0.2) is 52.9 Å². The molecule has 0 fully saturated rings. The van der Waals surface area contributed by atoms with Gasteiger partial charge in [-0.25, -0.2) is 8.42 Å². The predicted octanol–water partition coefficient (Wildman–Crippen LogP) is 2.14. The van der Waals surface area contributed by atoms with Crippen LogP contribution in [0.1, 0.15) is 25.3 Å². The molecular formula is C22H26N4O5S. The van der Waals surface area contributed by atoms with Gasteiger partial charge in [0.25, 0.3) is 15.9 Å². The van der Waals surface area contributed by atoms with Crippen LogP contribution in [0.5, 0.6) is 0 Å². The lowest BCUT2D eigenvalue weighted by Crippen LogP contribution is -2.30. The summed E-state index contributed by atoms with van der Waals surface area (Å²) in [5.41, 5.74) is 2.12. The Morgan fingerprint density at radius 1 is 1.12 bits per heavy atom. The summed E-state index contributed by atoms with van der Waals surface area (Å²) in [6, 6.07) is 13.9. The van der Waals surface area contributed by atoms with Gasteiger partial charge in [0.1, 0.15) is 5.84 Å². The molecule has 0 bridgehead atoms. The quantitative estimate of drug-likeness (QED) is 0.462. The summed E-state index contributed by atoms with van der Waals surface area (Å²) in [7, 11) is 0.260. The molecular weight excluding hydrogens is 432 g/mol. The van der Waals surface area contributed by atoms with Crippen molar-refractivity contribution in [2.75, 3.05) is 30.9 Å². The highest BCUT2D eigenvalue weighted by Gasteiger charge is 2.29. The second-order valence-electron chi connectivity index (χ2n) is 7.50. The number of hydrogen-bond donors (Lipinski definition) is 2. The van der Waals surface area contributed by atoms with Gasteiger partial charge in [-0.2, -0.15) is 0 Å². The SMILES string of the molecule is C[C@@H](OC(=O)CCCN=C1NS(=O)(=O)c2ccccc21)C(=O)Nc1ccc(N(C)C)cc1. The van der Waals surface area contributed by atoms with Gasteiger partial charge in [-0.15, -0.1) is 0 Å². The van der Waals surface area contributed by atoms with Crippen LogP contribution in [0.25, 0.3) is 0 Å². The number of hydrogen-bond acceptors (Lipinski definition) is 7. The second kappa shape index (κ2) is 9.82. The van der Waals surface area contributed by atoms with E-state index in [1.54, 1.807) is 30.3 Å². The lowest BCUT2D eigenvalue weighted by molar-refractivity contribution is -0.153. The van der Waals surface area contributed by atoms with E-state index in [2.05, 4.69) is 15.0 Å². The van der Waals surface area contributed by atoms with Crippen molar-refractivity contribution in [3.05, 3.63) is 54.1 Å². The normalized spacial score (nSPS) is 16.0. The molecule has 1 heterocycles. The number of carbonyl (C=O) groups excluding carboxylic acids is 2. The van der Waals surface area contributed by atoms with Crippen LogP contribution in [0.4, 0.5) is 11.4 Å². The van der Waals surface area contributed by atoms with Crippen LogP contribution in [0.2, 0.25) is 0 Å². The molecule has 2 aromatic carbocycles. The van der Waals surface area contributed by atoms with Gasteiger partial charge in [-0.3, -0.25) is 19.3 Å². The molecule has 0 aliphatic carbocycles. The van der Waals surface area contributed by atoms with Gasteiger partial charge in [0, 0.05) is 44.0 Å². The highest BCUT2D eigenvalue weighted by molar-refractivity contribution is 7.90. The maximum absolute atomic E-state index is 12.3. The van der Waals surface area contributed by atoms with E-state index in [4.69, 9.17) is 4.74 Å². The monoisotopic (exact) mass is 458 g/mol. The molecule has 0 aromatic heterocycles. The number of carbonyl (C=O) groups is 2. The molecule has 2 N–H and O–H groups in total. The van der Waals surface area contributed by atoms with Gasteiger partial charge < -0.3 is 15.0 Å². The molecule has 3 rings (SSSR count). The first-order chi connectivity index (χ1) is 15.2. The summed E-state index contributed by atoms with van der Waals surface area (Å²) in [4.78, 5) is 30.7. The maximum Gasteiger partial charge on any atom is 0.306 e. The highest BCUT2D eigenvalue weighted by Crippen LogP contribution is 2.22. The zero-order chi connectivity index (χ0) is 23.3. The Bertz CT molecular complexity index is 1130. The third kappa shape index (κ3) is 5.64. The van der Waals surface area contributed by atoms with E-state index in [0.29, 0.717) is 17.7 Å². The Morgan fingerprint density at radius 3 is 2.50 bits per heavy atom. The molecule has 10 heteroatoms. The number of sulfonamides is 1. The topological polar surface area (TPSA) is 117 Å². The minimum absolute atomic E-state index is 0.0559. The number of nitrogens with zero attached hydrogens (tertiary/aromatic N) is 2. The third-order valence-electron chi connectivity index (χ3n) is 4.80. The van der Waals surface area contributed by atoms with Gasteiger partial charge in [-0.05, 0) is 49.7 Å². The molecule has 0 saturated carbocycles. The minimum atomic E-state index is -3.59. The Balaban J connectivity index is 1.45. The molecule has 1 aliphatic rings. The molecule has 0 unspecified atom stereocenters. The second-order valence-corrected chi connectivity index (χ2v) is 9.15. The number of amidine groups is 1. The van der Waals surface area contributed by atoms with E-state index in [1.807, 2.05) is 31.1 Å². The summed E-state index contributed by atoms with van der Waals surface area (Å²) < 4.78 is 31.7. The van der Waals surface area contributed by atoms with E-state index < -0.39 is 28.0 Å². The van der Waals surface area contributed by atoms with Gasteiger partial charge in [-0.1, -0.05) is 12.1 Å². The fourth-order valence-corrected chi connectivity index (χ4v) is 4.31. The highest BCUT2D eigenvalue weighted by atomic mass is 32.2. The number of benzene rings is 2. The Hall–Kier alpha value is -3.40. The maximum atomic E-state index is 12.3. The third-order valence-corrected chi connectivity index (χ3v) is 6.20. The summed E-state index contributed by atoms with van der Waals surface area (Å²) >= 11 is 0. The van der Waals surface area contributed by atoms with Crippen molar-refractivity contribution in [3.8, 4) is 0 Å². The molecule has 0 radical (unpaired) electrons. The van der Waals surface area contributed by atoms with E-state index >= 15 is 0 Å². The van der Waals surface area contributed by atoms with Crippen molar-refractivity contribution < 1.29 is 22.7 Å². The van der Waals surface area contributed by atoms with Gasteiger partial charge in [0.15, 0.2) is 6.10 Å². The van der Waals surface area contributed by atoms with Crippen LogP contribution in [0, 0.1) is 0 Å².